The maximum atomic E-state index is 11.5. The summed E-state index contributed by atoms with van der Waals surface area (Å²) in [6, 6.07) is 17.5. The van der Waals surface area contributed by atoms with Crippen LogP contribution in [0, 0.1) is 0 Å². The first-order valence-electron chi connectivity index (χ1n) is 8.01. The molecule has 2 aromatic rings. The zero-order valence-electron chi connectivity index (χ0n) is 14.9. The van der Waals surface area contributed by atoms with Crippen molar-refractivity contribution in [3.8, 4) is 11.1 Å². The van der Waals surface area contributed by atoms with Crippen LogP contribution in [-0.2, 0) is 4.74 Å². The number of hydrogen-bond donors (Lipinski definition) is 2. The number of nitrogens with two attached hydrogens (primary N) is 1. The molecule has 0 aromatic heterocycles. The zero-order chi connectivity index (χ0) is 18.9. The van der Waals surface area contributed by atoms with Crippen LogP contribution in [0.1, 0.15) is 37.6 Å². The molecule has 0 unspecified atom stereocenters. The highest BCUT2D eigenvalue weighted by Gasteiger charge is 2.12. The molecular formula is C20H25NO4. The Morgan fingerprint density at radius 3 is 1.88 bits per heavy atom. The van der Waals surface area contributed by atoms with Crippen molar-refractivity contribution in [2.75, 3.05) is 6.61 Å². The van der Waals surface area contributed by atoms with Gasteiger partial charge >= 0.3 is 6.09 Å². The monoisotopic (exact) mass is 343 g/mol. The Bertz CT molecular complexity index is 673. The van der Waals surface area contributed by atoms with E-state index in [4.69, 9.17) is 10.8 Å². The quantitative estimate of drug-likeness (QED) is 0.826. The first-order chi connectivity index (χ1) is 11.7. The molecule has 2 rings (SSSR count). The van der Waals surface area contributed by atoms with Crippen LogP contribution in [0.4, 0.5) is 4.79 Å². The number of aliphatic hydroxyl groups excluding tert-OH is 1. The van der Waals surface area contributed by atoms with Crippen molar-refractivity contribution in [3.05, 3.63) is 60.2 Å². The van der Waals surface area contributed by atoms with Crippen molar-refractivity contribution in [1.82, 2.24) is 0 Å². The van der Waals surface area contributed by atoms with Gasteiger partial charge in [-0.15, -0.1) is 0 Å². The van der Waals surface area contributed by atoms with Crippen LogP contribution >= 0.6 is 0 Å². The Morgan fingerprint density at radius 1 is 0.960 bits per heavy atom. The molecule has 0 atom stereocenters. The average molecular weight is 343 g/mol. The second kappa shape index (κ2) is 9.59. The summed E-state index contributed by atoms with van der Waals surface area (Å²) in [5, 5.41) is 8.71. The minimum atomic E-state index is -0.725. The van der Waals surface area contributed by atoms with Gasteiger partial charge < -0.3 is 15.6 Å². The molecule has 0 aliphatic heterocycles. The highest BCUT2D eigenvalue weighted by Crippen LogP contribution is 2.19. The fourth-order valence-corrected chi connectivity index (χ4v) is 2.03. The first kappa shape index (κ1) is 20.4. The smallest absolute Gasteiger partial charge is 0.405 e. The van der Waals surface area contributed by atoms with Crippen LogP contribution in [0.5, 0.6) is 0 Å². The standard InChI is InChI=1S/C15H14O2.C5H11NO2/c16-11-10-15(17)14-8-6-13(7-9-14)12-4-2-1-3-5-12;1-5(2,3)8-4(6)7/h1-9,16H,10-11H2;1-3H3,(H2,6,7). The molecule has 0 radical (unpaired) electrons. The van der Waals surface area contributed by atoms with Crippen LogP contribution in [0.25, 0.3) is 11.1 Å². The van der Waals surface area contributed by atoms with Crippen LogP contribution < -0.4 is 5.73 Å². The van der Waals surface area contributed by atoms with E-state index in [0.717, 1.165) is 11.1 Å². The van der Waals surface area contributed by atoms with Gasteiger partial charge in [0.1, 0.15) is 5.60 Å². The topological polar surface area (TPSA) is 89.6 Å². The Labute approximate surface area is 148 Å². The minimum Gasteiger partial charge on any atom is -0.444 e. The van der Waals surface area contributed by atoms with E-state index >= 15 is 0 Å². The summed E-state index contributed by atoms with van der Waals surface area (Å²) in [5.41, 5.74) is 7.14. The van der Waals surface area contributed by atoms with Crippen LogP contribution in [0.3, 0.4) is 0 Å². The van der Waals surface area contributed by atoms with E-state index in [9.17, 15) is 9.59 Å². The average Bonchev–Trinajstić information content (AvgIpc) is 2.54. The van der Waals surface area contributed by atoms with Crippen molar-refractivity contribution in [2.24, 2.45) is 5.73 Å². The number of amides is 1. The van der Waals surface area contributed by atoms with Crippen LogP contribution in [0.15, 0.2) is 54.6 Å². The third kappa shape index (κ3) is 8.13. The number of rotatable bonds is 4. The third-order valence-corrected chi connectivity index (χ3v) is 3.06. The molecular weight excluding hydrogens is 318 g/mol. The molecule has 0 heterocycles. The largest absolute Gasteiger partial charge is 0.444 e. The SMILES string of the molecule is CC(C)(C)OC(N)=O.O=C(CCO)c1ccc(-c2ccccc2)cc1. The molecule has 0 bridgehead atoms. The predicted octanol–water partition coefficient (Wildman–Crippen LogP) is 3.80. The number of primary amides is 1. The van der Waals surface area contributed by atoms with Gasteiger partial charge in [0.25, 0.3) is 0 Å². The molecule has 3 N–H and O–H groups in total. The van der Waals surface area contributed by atoms with Gasteiger partial charge in [-0.05, 0) is 31.9 Å². The molecule has 0 aliphatic carbocycles. The number of Topliss-reactive ketones (excluding diaryl/α,β-unsaturated/α-hetero) is 1. The van der Waals surface area contributed by atoms with Crippen molar-refractivity contribution >= 4 is 11.9 Å². The van der Waals surface area contributed by atoms with Gasteiger partial charge in [-0.2, -0.15) is 0 Å². The third-order valence-electron chi connectivity index (χ3n) is 3.06. The molecule has 5 nitrogen and oxygen atoms in total. The number of hydrogen-bond acceptors (Lipinski definition) is 4. The predicted molar refractivity (Wildman–Crippen MR) is 98.3 cm³/mol. The van der Waals surface area contributed by atoms with Gasteiger partial charge in [0.2, 0.25) is 0 Å². The highest BCUT2D eigenvalue weighted by atomic mass is 16.6. The van der Waals surface area contributed by atoms with E-state index in [1.807, 2.05) is 42.5 Å². The van der Waals surface area contributed by atoms with E-state index in [-0.39, 0.29) is 18.8 Å². The molecule has 25 heavy (non-hydrogen) atoms. The van der Waals surface area contributed by atoms with Crippen LogP contribution in [-0.4, -0.2) is 29.2 Å². The molecule has 0 spiro atoms. The van der Waals surface area contributed by atoms with Crippen molar-refractivity contribution in [1.29, 1.82) is 0 Å². The van der Waals surface area contributed by atoms with Gasteiger partial charge in [0.15, 0.2) is 5.78 Å². The molecule has 0 aliphatic rings. The molecule has 1 amide bonds. The normalized spacial score (nSPS) is 10.4. The van der Waals surface area contributed by atoms with Gasteiger partial charge in [-0.25, -0.2) is 4.79 Å². The Kier molecular flexibility index (Phi) is 7.82. The number of benzene rings is 2. The van der Waals surface area contributed by atoms with E-state index in [1.165, 1.54) is 0 Å². The Balaban J connectivity index is 0.000000333. The van der Waals surface area contributed by atoms with Gasteiger partial charge in [-0.3, -0.25) is 4.79 Å². The van der Waals surface area contributed by atoms with Crippen molar-refractivity contribution in [3.63, 3.8) is 0 Å². The lowest BCUT2D eigenvalue weighted by molar-refractivity contribution is 0.0599. The number of carbonyl (C=O) groups excluding carboxylic acids is 2. The summed E-state index contributed by atoms with van der Waals surface area (Å²) in [4.78, 5) is 21.5. The second-order valence-corrected chi connectivity index (χ2v) is 6.37. The lowest BCUT2D eigenvalue weighted by atomic mass is 10.0. The minimum absolute atomic E-state index is 0.0212. The van der Waals surface area contributed by atoms with Crippen LogP contribution in [0.2, 0.25) is 0 Å². The fourth-order valence-electron chi connectivity index (χ4n) is 2.03. The zero-order valence-corrected chi connectivity index (χ0v) is 14.9. The molecule has 0 saturated heterocycles. The summed E-state index contributed by atoms with van der Waals surface area (Å²) in [6.07, 6.45) is -0.539. The second-order valence-electron chi connectivity index (χ2n) is 6.37. The Morgan fingerprint density at radius 2 is 1.48 bits per heavy atom. The lowest BCUT2D eigenvalue weighted by Gasteiger charge is -2.16. The number of ketones is 1. The lowest BCUT2D eigenvalue weighted by Crippen LogP contribution is -2.27. The van der Waals surface area contributed by atoms with Gasteiger partial charge in [0.05, 0.1) is 6.61 Å². The molecule has 2 aromatic carbocycles. The molecule has 0 saturated carbocycles. The Hall–Kier alpha value is -2.66. The summed E-state index contributed by atoms with van der Waals surface area (Å²) < 4.78 is 4.58. The fraction of sp³-hybridized carbons (Fsp3) is 0.300. The maximum Gasteiger partial charge on any atom is 0.405 e. The number of ether oxygens (including phenoxy) is 1. The number of aliphatic hydroxyl groups is 1. The van der Waals surface area contributed by atoms with E-state index in [1.54, 1.807) is 32.9 Å². The van der Waals surface area contributed by atoms with E-state index < -0.39 is 11.7 Å². The molecule has 5 heteroatoms. The first-order valence-corrected chi connectivity index (χ1v) is 8.01. The molecule has 134 valence electrons. The summed E-state index contributed by atoms with van der Waals surface area (Å²) in [5.74, 6) is -0.0212. The van der Waals surface area contributed by atoms with Gasteiger partial charge in [0, 0.05) is 12.0 Å². The van der Waals surface area contributed by atoms with Crippen molar-refractivity contribution in [2.45, 2.75) is 32.8 Å². The summed E-state index contributed by atoms with van der Waals surface area (Å²) in [7, 11) is 0. The van der Waals surface area contributed by atoms with Crippen molar-refractivity contribution < 1.29 is 19.4 Å². The number of carbonyl (C=O) groups is 2. The molecule has 0 fully saturated rings. The van der Waals surface area contributed by atoms with E-state index in [0.29, 0.717) is 5.56 Å². The summed E-state index contributed by atoms with van der Waals surface area (Å²) >= 11 is 0. The van der Waals surface area contributed by atoms with Gasteiger partial charge in [-0.1, -0.05) is 54.6 Å². The maximum absolute atomic E-state index is 11.5. The van der Waals surface area contributed by atoms with E-state index in [2.05, 4.69) is 4.74 Å². The highest BCUT2D eigenvalue weighted by molar-refractivity contribution is 5.96. The summed E-state index contributed by atoms with van der Waals surface area (Å²) in [6.45, 7) is 5.19.